The maximum atomic E-state index is 12.3. The van der Waals surface area contributed by atoms with Crippen LogP contribution in [0.15, 0.2) is 29.4 Å². The summed E-state index contributed by atoms with van der Waals surface area (Å²) >= 11 is 0. The van der Waals surface area contributed by atoms with Crippen molar-refractivity contribution in [2.75, 3.05) is 12.0 Å². The lowest BCUT2D eigenvalue weighted by atomic mass is 10.1. The third-order valence-corrected chi connectivity index (χ3v) is 3.58. The van der Waals surface area contributed by atoms with Gasteiger partial charge in [-0.15, -0.1) is 0 Å². The van der Waals surface area contributed by atoms with Crippen LogP contribution >= 0.6 is 0 Å². The average Bonchev–Trinajstić information content (AvgIpc) is 2.85. The molecule has 1 saturated heterocycles. The second kappa shape index (κ2) is 6.91. The fourth-order valence-corrected chi connectivity index (χ4v) is 2.25. The Morgan fingerprint density at radius 3 is 2.57 bits per heavy atom. The Morgan fingerprint density at radius 2 is 2.00 bits per heavy atom. The number of urea groups is 1. The van der Waals surface area contributed by atoms with Gasteiger partial charge in [0.15, 0.2) is 0 Å². The predicted octanol–water partition coefficient (Wildman–Crippen LogP) is 1.26. The van der Waals surface area contributed by atoms with Crippen molar-refractivity contribution in [3.8, 4) is 0 Å². The van der Waals surface area contributed by atoms with E-state index in [1.54, 1.807) is 31.2 Å². The van der Waals surface area contributed by atoms with Crippen LogP contribution < -0.4 is 10.2 Å². The standard InChI is InChI=1S/C15H17N3O5/c1-9(17-22)10-3-5-11(6-4-10)18-14(20)12(16-15(18)21)7-8-13(19)23-2/h3-6,12,22H,7-8H2,1-2H3,(H,16,21)/b17-9+. The van der Waals surface area contributed by atoms with Crippen molar-refractivity contribution in [2.45, 2.75) is 25.8 Å². The van der Waals surface area contributed by atoms with Crippen LogP contribution in [-0.2, 0) is 14.3 Å². The summed E-state index contributed by atoms with van der Waals surface area (Å²) in [5.74, 6) is -0.854. The quantitative estimate of drug-likeness (QED) is 0.279. The molecule has 122 valence electrons. The van der Waals surface area contributed by atoms with Gasteiger partial charge in [0.25, 0.3) is 5.91 Å². The van der Waals surface area contributed by atoms with Gasteiger partial charge in [-0.05, 0) is 31.0 Å². The largest absolute Gasteiger partial charge is 0.469 e. The van der Waals surface area contributed by atoms with E-state index in [1.165, 1.54) is 7.11 Å². The van der Waals surface area contributed by atoms with Gasteiger partial charge in [0.05, 0.1) is 18.5 Å². The molecule has 0 spiro atoms. The van der Waals surface area contributed by atoms with Gasteiger partial charge in [0.2, 0.25) is 0 Å². The lowest BCUT2D eigenvalue weighted by molar-refractivity contribution is -0.140. The molecule has 2 rings (SSSR count). The molecule has 1 aliphatic heterocycles. The molecule has 0 saturated carbocycles. The van der Waals surface area contributed by atoms with E-state index in [-0.39, 0.29) is 12.8 Å². The molecule has 1 atom stereocenters. The van der Waals surface area contributed by atoms with Crippen LogP contribution in [0.2, 0.25) is 0 Å². The molecule has 0 aromatic heterocycles. The zero-order valence-electron chi connectivity index (χ0n) is 12.8. The van der Waals surface area contributed by atoms with E-state index in [0.29, 0.717) is 17.0 Å². The number of amides is 3. The van der Waals surface area contributed by atoms with Gasteiger partial charge < -0.3 is 15.3 Å². The Kier molecular flexibility index (Phi) is 4.95. The number of carbonyl (C=O) groups is 3. The maximum Gasteiger partial charge on any atom is 0.329 e. The van der Waals surface area contributed by atoms with E-state index in [2.05, 4.69) is 15.2 Å². The molecule has 1 unspecified atom stereocenters. The number of anilines is 1. The number of ether oxygens (including phenoxy) is 1. The van der Waals surface area contributed by atoms with Crippen molar-refractivity contribution in [1.29, 1.82) is 0 Å². The lowest BCUT2D eigenvalue weighted by Gasteiger charge is -2.13. The second-order valence-corrected chi connectivity index (χ2v) is 5.02. The normalized spacial score (nSPS) is 18.1. The van der Waals surface area contributed by atoms with Crippen molar-refractivity contribution >= 4 is 29.3 Å². The zero-order valence-corrected chi connectivity index (χ0v) is 12.8. The Bertz CT molecular complexity index is 654. The predicted molar refractivity (Wildman–Crippen MR) is 81.5 cm³/mol. The number of methoxy groups -OCH3 is 1. The van der Waals surface area contributed by atoms with Gasteiger partial charge >= 0.3 is 12.0 Å². The van der Waals surface area contributed by atoms with Gasteiger partial charge in [-0.1, -0.05) is 17.3 Å². The summed E-state index contributed by atoms with van der Waals surface area (Å²) in [7, 11) is 1.27. The number of oxime groups is 1. The number of nitrogens with zero attached hydrogens (tertiary/aromatic N) is 2. The summed E-state index contributed by atoms with van der Waals surface area (Å²) in [4.78, 5) is 36.5. The Hall–Kier alpha value is -2.90. The first-order valence-electron chi connectivity index (χ1n) is 6.98. The Morgan fingerprint density at radius 1 is 1.35 bits per heavy atom. The van der Waals surface area contributed by atoms with Gasteiger partial charge in [-0.2, -0.15) is 0 Å². The van der Waals surface area contributed by atoms with Crippen LogP contribution in [0.3, 0.4) is 0 Å². The Labute approximate surface area is 132 Å². The van der Waals surface area contributed by atoms with Crippen LogP contribution in [0.1, 0.15) is 25.3 Å². The van der Waals surface area contributed by atoms with Crippen LogP contribution in [0.25, 0.3) is 0 Å². The van der Waals surface area contributed by atoms with Crippen molar-refractivity contribution in [3.05, 3.63) is 29.8 Å². The monoisotopic (exact) mass is 319 g/mol. The molecule has 0 radical (unpaired) electrons. The van der Waals surface area contributed by atoms with Gasteiger partial charge in [-0.25, -0.2) is 9.69 Å². The molecule has 1 fully saturated rings. The van der Waals surface area contributed by atoms with E-state index < -0.39 is 23.9 Å². The van der Waals surface area contributed by atoms with Crippen LogP contribution in [-0.4, -0.2) is 42.0 Å². The summed E-state index contributed by atoms with van der Waals surface area (Å²) in [5.41, 5.74) is 1.50. The van der Waals surface area contributed by atoms with E-state index in [0.717, 1.165) is 4.90 Å². The number of rotatable bonds is 5. The number of nitrogens with one attached hydrogen (secondary N) is 1. The number of carbonyl (C=O) groups excluding carboxylic acids is 3. The summed E-state index contributed by atoms with van der Waals surface area (Å²) < 4.78 is 4.52. The molecule has 1 aliphatic rings. The minimum absolute atomic E-state index is 0.0477. The van der Waals surface area contributed by atoms with Crippen molar-refractivity contribution < 1.29 is 24.3 Å². The van der Waals surface area contributed by atoms with E-state index in [1.807, 2.05) is 0 Å². The number of esters is 1. The molecule has 23 heavy (non-hydrogen) atoms. The van der Waals surface area contributed by atoms with Crippen LogP contribution in [0.4, 0.5) is 10.5 Å². The van der Waals surface area contributed by atoms with Gasteiger partial charge in [0.1, 0.15) is 6.04 Å². The first-order chi connectivity index (χ1) is 11.0. The molecule has 0 bridgehead atoms. The molecular formula is C15H17N3O5. The topological polar surface area (TPSA) is 108 Å². The first kappa shape index (κ1) is 16.5. The summed E-state index contributed by atoms with van der Waals surface area (Å²) in [5, 5.41) is 14.4. The minimum atomic E-state index is -0.748. The lowest BCUT2D eigenvalue weighted by Crippen LogP contribution is -2.31. The molecule has 8 heteroatoms. The van der Waals surface area contributed by atoms with Crippen LogP contribution in [0.5, 0.6) is 0 Å². The Balaban J connectivity index is 2.12. The third-order valence-electron chi connectivity index (χ3n) is 3.58. The summed E-state index contributed by atoms with van der Waals surface area (Å²) in [6.45, 7) is 1.63. The van der Waals surface area contributed by atoms with Crippen molar-refractivity contribution in [3.63, 3.8) is 0 Å². The van der Waals surface area contributed by atoms with Crippen molar-refractivity contribution in [2.24, 2.45) is 5.16 Å². The molecule has 1 aromatic rings. The maximum absolute atomic E-state index is 12.3. The number of hydrogen-bond acceptors (Lipinski definition) is 6. The highest BCUT2D eigenvalue weighted by molar-refractivity contribution is 6.21. The molecule has 1 heterocycles. The van der Waals surface area contributed by atoms with E-state index >= 15 is 0 Å². The molecule has 8 nitrogen and oxygen atoms in total. The molecule has 2 N–H and O–H groups in total. The van der Waals surface area contributed by atoms with Gasteiger partial charge in [-0.3, -0.25) is 9.59 Å². The fraction of sp³-hybridized carbons (Fsp3) is 0.333. The molecule has 0 aliphatic carbocycles. The second-order valence-electron chi connectivity index (χ2n) is 5.02. The first-order valence-corrected chi connectivity index (χ1v) is 6.98. The van der Waals surface area contributed by atoms with Gasteiger partial charge in [0, 0.05) is 6.42 Å². The molecular weight excluding hydrogens is 302 g/mol. The number of hydrogen-bond donors (Lipinski definition) is 2. The molecule has 1 aromatic carbocycles. The SMILES string of the molecule is COC(=O)CCC1NC(=O)N(c2ccc(/C(C)=N/O)cc2)C1=O. The average molecular weight is 319 g/mol. The zero-order chi connectivity index (χ0) is 17.0. The highest BCUT2D eigenvalue weighted by Gasteiger charge is 2.38. The molecule has 3 amide bonds. The summed E-state index contributed by atoms with van der Waals surface area (Å²) in [6.07, 6.45) is 0.230. The van der Waals surface area contributed by atoms with Crippen molar-refractivity contribution in [1.82, 2.24) is 5.32 Å². The fourth-order valence-electron chi connectivity index (χ4n) is 2.25. The van der Waals surface area contributed by atoms with E-state index in [4.69, 9.17) is 5.21 Å². The number of imide groups is 1. The highest BCUT2D eigenvalue weighted by Crippen LogP contribution is 2.22. The highest BCUT2D eigenvalue weighted by atomic mass is 16.5. The van der Waals surface area contributed by atoms with E-state index in [9.17, 15) is 14.4 Å². The number of benzene rings is 1. The summed E-state index contributed by atoms with van der Waals surface area (Å²) in [6, 6.07) is 5.18. The van der Waals surface area contributed by atoms with Crippen LogP contribution in [0, 0.1) is 0 Å². The minimum Gasteiger partial charge on any atom is -0.469 e. The smallest absolute Gasteiger partial charge is 0.329 e. The third kappa shape index (κ3) is 3.47.